The first kappa shape index (κ1) is 6.60. The van der Waals surface area contributed by atoms with Gasteiger partial charge in [-0.15, -0.1) is 6.42 Å². The fourth-order valence-corrected chi connectivity index (χ4v) is 0.810. The summed E-state index contributed by atoms with van der Waals surface area (Å²) in [6.45, 7) is 1.94. The topological polar surface area (TPSA) is 18.5 Å². The molecule has 0 aromatic heterocycles. The molecule has 1 aliphatic heterocycles. The van der Waals surface area contributed by atoms with Crippen LogP contribution in [0.1, 0.15) is 6.42 Å². The van der Waals surface area contributed by atoms with Crippen LogP contribution < -0.4 is 0 Å². The standard InChI is InChI=1S/C7H10O2/c1-2-4-9-7-3-5-8-6-7/h1,7H,3-6H2/t7-/m0/s1. The van der Waals surface area contributed by atoms with Crippen LogP contribution in [0.15, 0.2) is 0 Å². The predicted molar refractivity (Wildman–Crippen MR) is 34.0 cm³/mol. The van der Waals surface area contributed by atoms with E-state index in [0.29, 0.717) is 13.2 Å². The summed E-state index contributed by atoms with van der Waals surface area (Å²) in [7, 11) is 0. The van der Waals surface area contributed by atoms with Gasteiger partial charge in [0, 0.05) is 6.61 Å². The Bertz CT molecular complexity index is 109. The van der Waals surface area contributed by atoms with Crippen molar-refractivity contribution in [3.63, 3.8) is 0 Å². The van der Waals surface area contributed by atoms with Crippen molar-refractivity contribution >= 4 is 0 Å². The average Bonchev–Trinajstić information content (AvgIpc) is 2.34. The van der Waals surface area contributed by atoms with E-state index in [1.54, 1.807) is 0 Å². The highest BCUT2D eigenvalue weighted by Gasteiger charge is 2.14. The Morgan fingerprint density at radius 1 is 1.78 bits per heavy atom. The SMILES string of the molecule is C#CCO[C@H]1CCOC1. The number of hydrogen-bond donors (Lipinski definition) is 0. The molecule has 1 fully saturated rings. The van der Waals surface area contributed by atoms with E-state index in [-0.39, 0.29) is 6.10 Å². The molecule has 0 bridgehead atoms. The molecule has 0 spiro atoms. The smallest absolute Gasteiger partial charge is 0.107 e. The van der Waals surface area contributed by atoms with Crippen LogP contribution in [-0.2, 0) is 9.47 Å². The molecule has 0 aromatic rings. The maximum absolute atomic E-state index is 5.19. The molecule has 2 nitrogen and oxygen atoms in total. The zero-order chi connectivity index (χ0) is 6.53. The summed E-state index contributed by atoms with van der Waals surface area (Å²) in [6.07, 6.45) is 6.23. The van der Waals surface area contributed by atoms with Crippen LogP contribution in [0.3, 0.4) is 0 Å². The molecule has 1 aliphatic rings. The lowest BCUT2D eigenvalue weighted by Crippen LogP contribution is -2.11. The van der Waals surface area contributed by atoms with Crippen LogP contribution in [0.25, 0.3) is 0 Å². The maximum Gasteiger partial charge on any atom is 0.107 e. The first-order valence-electron chi connectivity index (χ1n) is 3.06. The maximum atomic E-state index is 5.19. The molecule has 0 aliphatic carbocycles. The highest BCUT2D eigenvalue weighted by atomic mass is 16.5. The summed E-state index contributed by atoms with van der Waals surface area (Å²) in [4.78, 5) is 0. The number of rotatable bonds is 2. The molecule has 0 N–H and O–H groups in total. The minimum Gasteiger partial charge on any atom is -0.379 e. The van der Waals surface area contributed by atoms with Crippen LogP contribution in [0.2, 0.25) is 0 Å². The summed E-state index contributed by atoms with van der Waals surface area (Å²) in [5.41, 5.74) is 0. The van der Waals surface area contributed by atoms with Gasteiger partial charge in [0.1, 0.15) is 6.61 Å². The van der Waals surface area contributed by atoms with Crippen LogP contribution in [0.5, 0.6) is 0 Å². The van der Waals surface area contributed by atoms with Gasteiger partial charge >= 0.3 is 0 Å². The van der Waals surface area contributed by atoms with Crippen molar-refractivity contribution in [2.75, 3.05) is 19.8 Å². The Morgan fingerprint density at radius 3 is 3.22 bits per heavy atom. The summed E-state index contributed by atoms with van der Waals surface area (Å²) < 4.78 is 10.3. The number of ether oxygens (including phenoxy) is 2. The zero-order valence-electron chi connectivity index (χ0n) is 5.30. The first-order valence-corrected chi connectivity index (χ1v) is 3.06. The summed E-state index contributed by atoms with van der Waals surface area (Å²) in [6, 6.07) is 0. The second-order valence-corrected chi connectivity index (χ2v) is 2.00. The van der Waals surface area contributed by atoms with E-state index in [1.807, 2.05) is 0 Å². The van der Waals surface area contributed by atoms with Gasteiger partial charge < -0.3 is 9.47 Å². The molecule has 0 unspecified atom stereocenters. The molecule has 1 atom stereocenters. The number of terminal acetylenes is 1. The van der Waals surface area contributed by atoms with E-state index < -0.39 is 0 Å². The fourth-order valence-electron chi connectivity index (χ4n) is 0.810. The van der Waals surface area contributed by atoms with Crippen molar-refractivity contribution in [1.29, 1.82) is 0 Å². The van der Waals surface area contributed by atoms with Gasteiger partial charge in [0.2, 0.25) is 0 Å². The van der Waals surface area contributed by atoms with E-state index in [2.05, 4.69) is 5.92 Å². The lowest BCUT2D eigenvalue weighted by Gasteiger charge is -2.04. The Kier molecular flexibility index (Phi) is 2.56. The normalized spacial score (nSPS) is 25.9. The van der Waals surface area contributed by atoms with Gasteiger partial charge in [-0.2, -0.15) is 0 Å². The minimum absolute atomic E-state index is 0.251. The van der Waals surface area contributed by atoms with E-state index >= 15 is 0 Å². The molecule has 0 amide bonds. The second-order valence-electron chi connectivity index (χ2n) is 2.00. The predicted octanol–water partition coefficient (Wildman–Crippen LogP) is 0.425. The Labute approximate surface area is 55.1 Å². The van der Waals surface area contributed by atoms with E-state index in [9.17, 15) is 0 Å². The Hall–Kier alpha value is -0.520. The molecule has 2 heteroatoms. The van der Waals surface area contributed by atoms with E-state index in [4.69, 9.17) is 15.9 Å². The van der Waals surface area contributed by atoms with Crippen LogP contribution in [0, 0.1) is 12.3 Å². The number of hydrogen-bond acceptors (Lipinski definition) is 2. The van der Waals surface area contributed by atoms with Crippen LogP contribution >= 0.6 is 0 Å². The molecular weight excluding hydrogens is 116 g/mol. The van der Waals surface area contributed by atoms with Crippen molar-refractivity contribution < 1.29 is 9.47 Å². The lowest BCUT2D eigenvalue weighted by atomic mass is 10.3. The van der Waals surface area contributed by atoms with Gasteiger partial charge in [0.25, 0.3) is 0 Å². The Morgan fingerprint density at radius 2 is 2.67 bits per heavy atom. The van der Waals surface area contributed by atoms with Crippen LogP contribution in [0.4, 0.5) is 0 Å². The average molecular weight is 126 g/mol. The van der Waals surface area contributed by atoms with Gasteiger partial charge in [-0.3, -0.25) is 0 Å². The third kappa shape index (κ3) is 2.05. The van der Waals surface area contributed by atoms with Crippen LogP contribution in [-0.4, -0.2) is 25.9 Å². The quantitative estimate of drug-likeness (QED) is 0.499. The molecule has 9 heavy (non-hydrogen) atoms. The van der Waals surface area contributed by atoms with Gasteiger partial charge in [-0.25, -0.2) is 0 Å². The van der Waals surface area contributed by atoms with Crippen molar-refractivity contribution in [1.82, 2.24) is 0 Å². The van der Waals surface area contributed by atoms with Crippen molar-refractivity contribution in [3.05, 3.63) is 0 Å². The summed E-state index contributed by atoms with van der Waals surface area (Å²) in [5, 5.41) is 0. The molecule has 0 radical (unpaired) electrons. The van der Waals surface area contributed by atoms with Gasteiger partial charge in [0.15, 0.2) is 0 Å². The summed E-state index contributed by atoms with van der Waals surface area (Å²) >= 11 is 0. The monoisotopic (exact) mass is 126 g/mol. The molecule has 1 saturated heterocycles. The fraction of sp³-hybridized carbons (Fsp3) is 0.714. The van der Waals surface area contributed by atoms with Crippen molar-refractivity contribution in [2.24, 2.45) is 0 Å². The molecule has 50 valence electrons. The molecular formula is C7H10O2. The van der Waals surface area contributed by atoms with Gasteiger partial charge in [-0.05, 0) is 6.42 Å². The minimum atomic E-state index is 0.251. The first-order chi connectivity index (χ1) is 4.43. The Balaban J connectivity index is 2.06. The van der Waals surface area contributed by atoms with Crippen molar-refractivity contribution in [2.45, 2.75) is 12.5 Å². The third-order valence-electron chi connectivity index (χ3n) is 1.29. The van der Waals surface area contributed by atoms with Gasteiger partial charge in [0.05, 0.1) is 12.7 Å². The lowest BCUT2D eigenvalue weighted by molar-refractivity contribution is 0.0632. The molecule has 1 heterocycles. The zero-order valence-corrected chi connectivity index (χ0v) is 5.30. The van der Waals surface area contributed by atoms with Gasteiger partial charge in [-0.1, -0.05) is 5.92 Å². The van der Waals surface area contributed by atoms with Crippen molar-refractivity contribution in [3.8, 4) is 12.3 Å². The third-order valence-corrected chi connectivity index (χ3v) is 1.29. The van der Waals surface area contributed by atoms with E-state index in [1.165, 1.54) is 0 Å². The largest absolute Gasteiger partial charge is 0.379 e. The highest BCUT2D eigenvalue weighted by Crippen LogP contribution is 2.06. The molecule has 1 rings (SSSR count). The molecule has 0 saturated carbocycles. The highest BCUT2D eigenvalue weighted by molar-refractivity contribution is 4.83. The van der Waals surface area contributed by atoms with E-state index in [0.717, 1.165) is 13.0 Å². The second kappa shape index (κ2) is 3.49. The summed E-state index contributed by atoms with van der Waals surface area (Å²) in [5.74, 6) is 2.42. The molecule has 0 aromatic carbocycles.